The maximum Gasteiger partial charge on any atom is 0.238 e. The first-order valence-corrected chi connectivity index (χ1v) is 21.4. The molecule has 3 heterocycles. The number of hydrogen-bond donors (Lipinski definition) is 0. The molecule has 0 atom stereocenters. The van der Waals surface area contributed by atoms with E-state index in [4.69, 9.17) is 19.9 Å². The molecule has 0 unspecified atom stereocenters. The van der Waals surface area contributed by atoms with Crippen molar-refractivity contribution in [1.82, 2.24) is 24.5 Å². The van der Waals surface area contributed by atoms with Crippen molar-refractivity contribution < 1.29 is 0 Å². The molecule has 0 radical (unpaired) electrons. The lowest BCUT2D eigenvalue weighted by Gasteiger charge is -2.22. The molecule has 1 aliphatic carbocycles. The molecule has 0 fully saturated rings. The number of fused-ring (bicyclic) bond motifs is 7. The number of rotatable bonds is 6. The van der Waals surface area contributed by atoms with Crippen molar-refractivity contribution in [1.29, 1.82) is 0 Å². The highest BCUT2D eigenvalue weighted by Gasteiger charge is 2.36. The zero-order chi connectivity index (χ0) is 40.7. The molecule has 0 bridgehead atoms. The molecule has 0 saturated heterocycles. The number of nitrogens with zero attached hydrogens (tertiary/aromatic N) is 5. The lowest BCUT2D eigenvalue weighted by molar-refractivity contribution is 0.661. The van der Waals surface area contributed by atoms with Gasteiger partial charge in [-0.2, -0.15) is 9.97 Å². The van der Waals surface area contributed by atoms with Crippen LogP contribution in [0.25, 0.3) is 105 Å². The fourth-order valence-electron chi connectivity index (χ4n) is 9.16. The Morgan fingerprint density at radius 3 is 1.49 bits per heavy atom. The van der Waals surface area contributed by atoms with Crippen LogP contribution in [0.4, 0.5) is 0 Å². The second-order valence-corrected chi connectivity index (χ2v) is 17.3. The molecular formula is C55H37N5S. The van der Waals surface area contributed by atoms with Crippen LogP contribution in [-0.4, -0.2) is 24.5 Å². The van der Waals surface area contributed by atoms with E-state index in [-0.39, 0.29) is 5.41 Å². The van der Waals surface area contributed by atoms with Gasteiger partial charge in [-0.05, 0) is 87.0 Å². The van der Waals surface area contributed by atoms with Crippen LogP contribution in [0.15, 0.2) is 188 Å². The molecule has 61 heavy (non-hydrogen) atoms. The average molecular weight is 800 g/mol. The van der Waals surface area contributed by atoms with E-state index in [1.165, 1.54) is 38.1 Å². The third-order valence-electron chi connectivity index (χ3n) is 12.3. The van der Waals surface area contributed by atoms with Crippen LogP contribution in [0.5, 0.6) is 0 Å². The molecule has 0 spiro atoms. The van der Waals surface area contributed by atoms with E-state index < -0.39 is 0 Å². The molecule has 0 amide bonds. The topological polar surface area (TPSA) is 56.5 Å². The SMILES string of the molecule is CC1(C)c2cc(-c3ccc4c(c3)c3cc(-c5ccccc5)ccc3n4-c3nc(-c4ccccc4)nc(-c4ccccc4)n3)ccc2-c2cc3nc(-c4ccccc4)sc3cc21. The Bertz CT molecular complexity index is 3420. The van der Waals surface area contributed by atoms with Gasteiger partial charge in [0, 0.05) is 32.9 Å². The molecule has 1 aliphatic rings. The van der Waals surface area contributed by atoms with Gasteiger partial charge in [-0.15, -0.1) is 11.3 Å². The molecule has 11 aromatic rings. The minimum absolute atomic E-state index is 0.178. The van der Waals surface area contributed by atoms with E-state index in [9.17, 15) is 0 Å². The summed E-state index contributed by atoms with van der Waals surface area (Å²) >= 11 is 1.77. The Hall–Kier alpha value is -7.54. The van der Waals surface area contributed by atoms with E-state index in [1.807, 2.05) is 36.4 Å². The molecule has 0 saturated carbocycles. The summed E-state index contributed by atoms with van der Waals surface area (Å²) in [6.07, 6.45) is 0. The summed E-state index contributed by atoms with van der Waals surface area (Å²) in [5, 5.41) is 3.33. The van der Waals surface area contributed by atoms with Crippen LogP contribution in [0.2, 0.25) is 0 Å². The van der Waals surface area contributed by atoms with Crippen molar-refractivity contribution in [2.45, 2.75) is 19.3 Å². The van der Waals surface area contributed by atoms with Crippen molar-refractivity contribution in [3.63, 3.8) is 0 Å². The predicted octanol–water partition coefficient (Wildman–Crippen LogP) is 14.2. The van der Waals surface area contributed by atoms with Crippen LogP contribution >= 0.6 is 11.3 Å². The molecule has 3 aromatic heterocycles. The van der Waals surface area contributed by atoms with E-state index in [0.717, 1.165) is 60.1 Å². The number of aromatic nitrogens is 5. The van der Waals surface area contributed by atoms with Crippen LogP contribution < -0.4 is 0 Å². The number of hydrogen-bond acceptors (Lipinski definition) is 5. The Kier molecular flexibility index (Phi) is 7.99. The maximum atomic E-state index is 5.18. The minimum Gasteiger partial charge on any atom is -0.278 e. The summed E-state index contributed by atoms with van der Waals surface area (Å²) in [5.74, 6) is 1.84. The van der Waals surface area contributed by atoms with Crippen LogP contribution in [0.1, 0.15) is 25.0 Å². The standard InChI is InChI=1S/C55H37N5S/c1-55(2)45-31-40(23-26-41(45)42-32-47-50(33-46(42)55)61-53(56-47)37-21-13-6-14-22-37)39-25-28-49-44(30-39)43-29-38(34-15-7-3-8-16-34)24-27-48(43)60(49)54-58-51(35-17-9-4-10-18-35)57-52(59-54)36-19-11-5-12-20-36/h3-33H,1-2H3. The second-order valence-electron chi connectivity index (χ2n) is 16.3. The summed E-state index contributed by atoms with van der Waals surface area (Å²) in [5.41, 5.74) is 15.9. The average Bonchev–Trinajstić information content (AvgIpc) is 3.96. The van der Waals surface area contributed by atoms with Crippen molar-refractivity contribution in [2.75, 3.05) is 0 Å². The van der Waals surface area contributed by atoms with Gasteiger partial charge >= 0.3 is 0 Å². The van der Waals surface area contributed by atoms with E-state index >= 15 is 0 Å². The summed E-state index contributed by atoms with van der Waals surface area (Å²) in [6, 6.07) is 66.7. The van der Waals surface area contributed by atoms with Gasteiger partial charge < -0.3 is 0 Å². The molecule has 12 rings (SSSR count). The van der Waals surface area contributed by atoms with Crippen LogP contribution in [0.3, 0.4) is 0 Å². The molecular weight excluding hydrogens is 763 g/mol. The van der Waals surface area contributed by atoms with Gasteiger partial charge in [0.2, 0.25) is 5.95 Å². The highest BCUT2D eigenvalue weighted by molar-refractivity contribution is 7.21. The number of thiazole rings is 1. The fraction of sp³-hybridized carbons (Fsp3) is 0.0545. The maximum absolute atomic E-state index is 5.18. The Labute approximate surface area is 357 Å². The van der Waals surface area contributed by atoms with E-state index in [2.05, 4.69) is 170 Å². The van der Waals surface area contributed by atoms with Crippen LogP contribution in [-0.2, 0) is 5.41 Å². The quantitative estimate of drug-likeness (QED) is 0.168. The van der Waals surface area contributed by atoms with Gasteiger partial charge in [0.25, 0.3) is 0 Å². The van der Waals surface area contributed by atoms with E-state index in [0.29, 0.717) is 17.6 Å². The van der Waals surface area contributed by atoms with E-state index in [1.54, 1.807) is 11.3 Å². The van der Waals surface area contributed by atoms with Crippen molar-refractivity contribution in [3.8, 4) is 72.7 Å². The summed E-state index contributed by atoms with van der Waals surface area (Å²) < 4.78 is 3.43. The first kappa shape index (κ1) is 35.4. The first-order valence-electron chi connectivity index (χ1n) is 20.6. The lowest BCUT2D eigenvalue weighted by Crippen LogP contribution is -2.15. The second kappa shape index (κ2) is 13.8. The smallest absolute Gasteiger partial charge is 0.238 e. The van der Waals surface area contributed by atoms with Gasteiger partial charge in [-0.3, -0.25) is 4.57 Å². The minimum atomic E-state index is -0.178. The van der Waals surface area contributed by atoms with Crippen molar-refractivity contribution in [2.24, 2.45) is 0 Å². The molecule has 288 valence electrons. The zero-order valence-electron chi connectivity index (χ0n) is 33.5. The van der Waals surface area contributed by atoms with Gasteiger partial charge in [-0.1, -0.05) is 159 Å². The zero-order valence-corrected chi connectivity index (χ0v) is 34.4. The summed E-state index contributed by atoms with van der Waals surface area (Å²) in [6.45, 7) is 4.72. The monoisotopic (exact) mass is 799 g/mol. The first-order chi connectivity index (χ1) is 30.0. The normalized spacial score (nSPS) is 12.9. The van der Waals surface area contributed by atoms with Crippen molar-refractivity contribution in [3.05, 3.63) is 199 Å². The molecule has 5 nitrogen and oxygen atoms in total. The summed E-state index contributed by atoms with van der Waals surface area (Å²) in [4.78, 5) is 20.5. The van der Waals surface area contributed by atoms with Crippen LogP contribution in [0, 0.1) is 0 Å². The van der Waals surface area contributed by atoms with Gasteiger partial charge in [0.1, 0.15) is 5.01 Å². The third kappa shape index (κ3) is 5.82. The molecule has 0 aliphatic heterocycles. The molecule has 6 heteroatoms. The highest BCUT2D eigenvalue weighted by atomic mass is 32.1. The Morgan fingerprint density at radius 2 is 0.902 bits per heavy atom. The Balaban J connectivity index is 1.02. The predicted molar refractivity (Wildman–Crippen MR) is 252 cm³/mol. The summed E-state index contributed by atoms with van der Waals surface area (Å²) in [7, 11) is 0. The molecule has 0 N–H and O–H groups in total. The largest absolute Gasteiger partial charge is 0.278 e. The third-order valence-corrected chi connectivity index (χ3v) is 13.4. The fourth-order valence-corrected chi connectivity index (χ4v) is 10.2. The van der Waals surface area contributed by atoms with Gasteiger partial charge in [0.15, 0.2) is 11.6 Å². The molecule has 8 aromatic carbocycles. The van der Waals surface area contributed by atoms with Crippen molar-refractivity contribution >= 4 is 43.4 Å². The van der Waals surface area contributed by atoms with Gasteiger partial charge in [-0.25, -0.2) is 9.97 Å². The Morgan fingerprint density at radius 1 is 0.410 bits per heavy atom. The number of benzene rings is 8. The van der Waals surface area contributed by atoms with Gasteiger partial charge in [0.05, 0.1) is 21.3 Å². The highest BCUT2D eigenvalue weighted by Crippen LogP contribution is 2.52. The lowest BCUT2D eigenvalue weighted by atomic mass is 9.81.